The van der Waals surface area contributed by atoms with E-state index in [1.807, 2.05) is 0 Å². The molecule has 2 rings (SSSR count). The maximum atomic E-state index is 12.1. The van der Waals surface area contributed by atoms with Crippen LogP contribution in [-0.4, -0.2) is 42.5 Å². The summed E-state index contributed by atoms with van der Waals surface area (Å²) >= 11 is 0. The summed E-state index contributed by atoms with van der Waals surface area (Å²) in [6.07, 6.45) is 0. The van der Waals surface area contributed by atoms with Crippen molar-refractivity contribution < 1.29 is 14.7 Å². The molecule has 1 atom stereocenters. The molecule has 0 bridgehead atoms. The Bertz CT molecular complexity index is 473. The second kappa shape index (κ2) is 5.29. The SMILES string of the molecule is CC(=O)c1cccc(N2CCNC(CO)C2=O)c1. The van der Waals surface area contributed by atoms with Crippen molar-refractivity contribution in [1.82, 2.24) is 5.32 Å². The molecule has 0 radical (unpaired) electrons. The number of piperazine rings is 1. The number of ketones is 1. The minimum atomic E-state index is -0.556. The van der Waals surface area contributed by atoms with Crippen LogP contribution in [0.5, 0.6) is 0 Å². The number of carbonyl (C=O) groups excluding carboxylic acids is 2. The van der Waals surface area contributed by atoms with Crippen LogP contribution in [0.15, 0.2) is 24.3 Å². The lowest BCUT2D eigenvalue weighted by atomic mass is 10.1. The molecule has 1 aliphatic rings. The molecule has 1 heterocycles. The smallest absolute Gasteiger partial charge is 0.246 e. The predicted octanol–water partition coefficient (Wildman–Crippen LogP) is 0.186. The van der Waals surface area contributed by atoms with Gasteiger partial charge in [0.05, 0.1) is 6.61 Å². The van der Waals surface area contributed by atoms with Crippen LogP contribution in [0.1, 0.15) is 17.3 Å². The van der Waals surface area contributed by atoms with E-state index in [2.05, 4.69) is 5.32 Å². The van der Waals surface area contributed by atoms with Gasteiger partial charge in [-0.3, -0.25) is 9.59 Å². The van der Waals surface area contributed by atoms with E-state index in [0.717, 1.165) is 0 Å². The zero-order valence-corrected chi connectivity index (χ0v) is 10.2. The summed E-state index contributed by atoms with van der Waals surface area (Å²) in [4.78, 5) is 25.0. The molecular formula is C13H16N2O3. The van der Waals surface area contributed by atoms with Crippen LogP contribution in [0, 0.1) is 0 Å². The first-order chi connectivity index (χ1) is 8.63. The summed E-state index contributed by atoms with van der Waals surface area (Å²) in [5.41, 5.74) is 1.28. The van der Waals surface area contributed by atoms with E-state index in [9.17, 15) is 9.59 Å². The quantitative estimate of drug-likeness (QED) is 0.749. The van der Waals surface area contributed by atoms with Crippen molar-refractivity contribution in [2.75, 3.05) is 24.6 Å². The molecule has 18 heavy (non-hydrogen) atoms. The van der Waals surface area contributed by atoms with Gasteiger partial charge in [0, 0.05) is 24.3 Å². The number of Topliss-reactive ketones (excluding diaryl/α,β-unsaturated/α-hetero) is 1. The lowest BCUT2D eigenvalue weighted by Gasteiger charge is -2.32. The topological polar surface area (TPSA) is 69.6 Å². The Balaban J connectivity index is 2.27. The van der Waals surface area contributed by atoms with E-state index in [0.29, 0.717) is 24.3 Å². The molecule has 0 aliphatic carbocycles. The van der Waals surface area contributed by atoms with Crippen molar-refractivity contribution in [1.29, 1.82) is 0 Å². The van der Waals surface area contributed by atoms with Gasteiger partial charge in [0.25, 0.3) is 0 Å². The van der Waals surface area contributed by atoms with E-state index >= 15 is 0 Å². The normalized spacial score (nSPS) is 20.0. The maximum absolute atomic E-state index is 12.1. The lowest BCUT2D eigenvalue weighted by Crippen LogP contribution is -2.56. The average Bonchev–Trinajstić information content (AvgIpc) is 2.39. The van der Waals surface area contributed by atoms with Crippen LogP contribution in [-0.2, 0) is 4.79 Å². The van der Waals surface area contributed by atoms with Crippen LogP contribution in [0.25, 0.3) is 0 Å². The monoisotopic (exact) mass is 248 g/mol. The van der Waals surface area contributed by atoms with E-state index in [1.165, 1.54) is 6.92 Å². The van der Waals surface area contributed by atoms with Crippen LogP contribution in [0.2, 0.25) is 0 Å². The first-order valence-corrected chi connectivity index (χ1v) is 5.90. The summed E-state index contributed by atoms with van der Waals surface area (Å²) in [6.45, 7) is 2.44. The first-order valence-electron chi connectivity index (χ1n) is 5.90. The predicted molar refractivity (Wildman–Crippen MR) is 67.7 cm³/mol. The lowest BCUT2D eigenvalue weighted by molar-refractivity contribution is -0.122. The van der Waals surface area contributed by atoms with Gasteiger partial charge < -0.3 is 15.3 Å². The van der Waals surface area contributed by atoms with Crippen LogP contribution in [0.4, 0.5) is 5.69 Å². The Labute approximate surface area is 105 Å². The Morgan fingerprint density at radius 3 is 3.00 bits per heavy atom. The number of anilines is 1. The first kappa shape index (κ1) is 12.7. The van der Waals surface area contributed by atoms with Crippen LogP contribution >= 0.6 is 0 Å². The minimum absolute atomic E-state index is 0.0295. The van der Waals surface area contributed by atoms with Gasteiger partial charge in [0.15, 0.2) is 5.78 Å². The van der Waals surface area contributed by atoms with Crippen LogP contribution in [0.3, 0.4) is 0 Å². The molecule has 1 saturated heterocycles. The van der Waals surface area contributed by atoms with Gasteiger partial charge in [0.2, 0.25) is 5.91 Å². The molecule has 1 aliphatic heterocycles. The summed E-state index contributed by atoms with van der Waals surface area (Å²) < 4.78 is 0. The third kappa shape index (κ3) is 2.42. The highest BCUT2D eigenvalue weighted by molar-refractivity contribution is 6.00. The molecule has 0 spiro atoms. The number of carbonyl (C=O) groups is 2. The van der Waals surface area contributed by atoms with Gasteiger partial charge in [-0.2, -0.15) is 0 Å². The molecule has 1 unspecified atom stereocenters. The van der Waals surface area contributed by atoms with Crippen molar-refractivity contribution >= 4 is 17.4 Å². The summed E-state index contributed by atoms with van der Waals surface area (Å²) in [5.74, 6) is -0.192. The van der Waals surface area contributed by atoms with Crippen molar-refractivity contribution in [2.24, 2.45) is 0 Å². The molecule has 1 amide bonds. The molecule has 5 nitrogen and oxygen atoms in total. The average molecular weight is 248 g/mol. The van der Waals surface area contributed by atoms with Crippen molar-refractivity contribution in [3.63, 3.8) is 0 Å². The fourth-order valence-corrected chi connectivity index (χ4v) is 2.03. The molecule has 0 saturated carbocycles. The molecule has 1 fully saturated rings. The number of rotatable bonds is 3. The second-order valence-corrected chi connectivity index (χ2v) is 4.29. The zero-order chi connectivity index (χ0) is 13.1. The number of nitrogens with zero attached hydrogens (tertiary/aromatic N) is 1. The van der Waals surface area contributed by atoms with Gasteiger partial charge in [-0.1, -0.05) is 12.1 Å². The van der Waals surface area contributed by atoms with Crippen LogP contribution < -0.4 is 10.2 Å². The summed E-state index contributed by atoms with van der Waals surface area (Å²) in [6, 6.07) is 6.43. The standard InChI is InChI=1S/C13H16N2O3/c1-9(17)10-3-2-4-11(7-10)15-6-5-14-12(8-16)13(15)18/h2-4,7,12,14,16H,5-6,8H2,1H3. The Morgan fingerprint density at radius 1 is 1.56 bits per heavy atom. The number of amides is 1. The number of hydrogen-bond donors (Lipinski definition) is 2. The molecule has 2 N–H and O–H groups in total. The van der Waals surface area contributed by atoms with E-state index in [-0.39, 0.29) is 18.3 Å². The van der Waals surface area contributed by atoms with Gasteiger partial charge in [-0.05, 0) is 19.1 Å². The number of hydrogen-bond acceptors (Lipinski definition) is 4. The fraction of sp³-hybridized carbons (Fsp3) is 0.385. The van der Waals surface area contributed by atoms with Crippen molar-refractivity contribution in [3.8, 4) is 0 Å². The number of aliphatic hydroxyl groups is 1. The van der Waals surface area contributed by atoms with Crippen molar-refractivity contribution in [2.45, 2.75) is 13.0 Å². The summed E-state index contributed by atoms with van der Waals surface area (Å²) in [7, 11) is 0. The van der Waals surface area contributed by atoms with Crippen molar-refractivity contribution in [3.05, 3.63) is 29.8 Å². The fourth-order valence-electron chi connectivity index (χ4n) is 2.03. The maximum Gasteiger partial charge on any atom is 0.246 e. The van der Waals surface area contributed by atoms with Gasteiger partial charge in [0.1, 0.15) is 6.04 Å². The van der Waals surface area contributed by atoms with Gasteiger partial charge >= 0.3 is 0 Å². The van der Waals surface area contributed by atoms with E-state index < -0.39 is 6.04 Å². The third-order valence-corrected chi connectivity index (χ3v) is 3.04. The van der Waals surface area contributed by atoms with E-state index in [4.69, 9.17) is 5.11 Å². The Kier molecular flexibility index (Phi) is 3.74. The molecule has 1 aromatic carbocycles. The second-order valence-electron chi connectivity index (χ2n) is 4.29. The minimum Gasteiger partial charge on any atom is -0.394 e. The summed E-state index contributed by atoms with van der Waals surface area (Å²) in [5, 5.41) is 12.1. The van der Waals surface area contributed by atoms with E-state index in [1.54, 1.807) is 29.2 Å². The number of nitrogens with one attached hydrogen (secondary N) is 1. The third-order valence-electron chi connectivity index (χ3n) is 3.04. The Hall–Kier alpha value is -1.72. The molecule has 0 aromatic heterocycles. The molecular weight excluding hydrogens is 232 g/mol. The largest absolute Gasteiger partial charge is 0.394 e. The number of benzene rings is 1. The highest BCUT2D eigenvalue weighted by atomic mass is 16.3. The van der Waals surface area contributed by atoms with Gasteiger partial charge in [-0.25, -0.2) is 0 Å². The molecule has 1 aromatic rings. The highest BCUT2D eigenvalue weighted by Gasteiger charge is 2.28. The Morgan fingerprint density at radius 2 is 2.33 bits per heavy atom. The van der Waals surface area contributed by atoms with Gasteiger partial charge in [-0.15, -0.1) is 0 Å². The number of aliphatic hydroxyl groups excluding tert-OH is 1. The molecule has 5 heteroatoms. The zero-order valence-electron chi connectivity index (χ0n) is 10.2. The molecule has 96 valence electrons. The highest BCUT2D eigenvalue weighted by Crippen LogP contribution is 2.19.